The summed E-state index contributed by atoms with van der Waals surface area (Å²) in [5, 5.41) is 23.1. The molecule has 1 amide bonds. The maximum Gasteiger partial charge on any atom is 0.270 e. The van der Waals surface area contributed by atoms with Gasteiger partial charge in [0, 0.05) is 24.9 Å². The summed E-state index contributed by atoms with van der Waals surface area (Å²) in [6, 6.07) is 3.94. The van der Waals surface area contributed by atoms with Gasteiger partial charge in [-0.3, -0.25) is 20.2 Å². The predicted molar refractivity (Wildman–Crippen MR) is 70.4 cm³/mol. The number of hydrogen-bond acceptors (Lipinski definition) is 7. The van der Waals surface area contributed by atoms with Crippen LogP contribution in [0.5, 0.6) is 0 Å². The summed E-state index contributed by atoms with van der Waals surface area (Å²) < 4.78 is 0. The van der Waals surface area contributed by atoms with Crippen molar-refractivity contribution in [3.05, 3.63) is 46.3 Å². The second-order valence-electron chi connectivity index (χ2n) is 3.66. The van der Waals surface area contributed by atoms with Crippen molar-refractivity contribution in [1.82, 2.24) is 15.2 Å². The van der Waals surface area contributed by atoms with Crippen molar-refractivity contribution in [2.75, 3.05) is 17.7 Å². The Balaban J connectivity index is 2.32. The van der Waals surface area contributed by atoms with Crippen LogP contribution in [0.4, 0.5) is 17.3 Å². The van der Waals surface area contributed by atoms with Crippen LogP contribution in [0.1, 0.15) is 10.4 Å². The largest absolute Gasteiger partial charge is 0.387 e. The molecular weight excluding hydrogens is 264 g/mol. The lowest BCUT2D eigenvalue weighted by Gasteiger charge is -2.08. The fourth-order valence-electron chi connectivity index (χ4n) is 1.53. The number of nitro groups is 1. The molecule has 0 bridgehead atoms. The molecule has 0 spiro atoms. The van der Waals surface area contributed by atoms with E-state index in [1.54, 1.807) is 7.05 Å². The van der Waals surface area contributed by atoms with Gasteiger partial charge < -0.3 is 5.32 Å². The Morgan fingerprint density at radius 1 is 1.35 bits per heavy atom. The van der Waals surface area contributed by atoms with Gasteiger partial charge in [0.1, 0.15) is 0 Å². The Hall–Kier alpha value is -3.10. The first-order chi connectivity index (χ1) is 9.61. The first-order valence-corrected chi connectivity index (χ1v) is 5.53. The van der Waals surface area contributed by atoms with Crippen LogP contribution in [0, 0.1) is 10.1 Å². The van der Waals surface area contributed by atoms with E-state index in [0.717, 1.165) is 0 Å². The van der Waals surface area contributed by atoms with Gasteiger partial charge in [-0.05, 0) is 6.07 Å². The van der Waals surface area contributed by atoms with Crippen molar-refractivity contribution in [3.63, 3.8) is 0 Å². The molecule has 20 heavy (non-hydrogen) atoms. The third-order valence-electron chi connectivity index (χ3n) is 2.44. The lowest BCUT2D eigenvalue weighted by Crippen LogP contribution is -2.16. The lowest BCUT2D eigenvalue weighted by atomic mass is 10.1. The molecule has 0 unspecified atom stereocenters. The molecule has 2 aromatic rings. The van der Waals surface area contributed by atoms with Crippen molar-refractivity contribution < 1.29 is 9.72 Å². The zero-order chi connectivity index (χ0) is 14.5. The van der Waals surface area contributed by atoms with Crippen molar-refractivity contribution in [1.29, 1.82) is 0 Å². The monoisotopic (exact) mass is 274 g/mol. The minimum atomic E-state index is -0.573. The van der Waals surface area contributed by atoms with Crippen LogP contribution in [0.2, 0.25) is 0 Å². The fourth-order valence-corrected chi connectivity index (χ4v) is 1.53. The van der Waals surface area contributed by atoms with Crippen LogP contribution in [0.25, 0.3) is 0 Å². The number of nitro benzene ring substituents is 1. The first-order valence-electron chi connectivity index (χ1n) is 5.53. The Morgan fingerprint density at radius 3 is 2.75 bits per heavy atom. The van der Waals surface area contributed by atoms with Crippen molar-refractivity contribution >= 4 is 23.2 Å². The number of carbonyl (C=O) groups is 1. The number of carbonyl (C=O) groups excluding carboxylic acids is 1. The molecule has 2 N–H and O–H groups in total. The van der Waals surface area contributed by atoms with Crippen molar-refractivity contribution in [3.8, 4) is 0 Å². The SMILES string of the molecule is CNc1ccc([N+](=O)[O-])cc1C(=O)Nc1nccnn1. The number of nitrogens with one attached hydrogen (secondary N) is 2. The Kier molecular flexibility index (Phi) is 3.80. The van der Waals surface area contributed by atoms with E-state index < -0.39 is 10.8 Å². The highest BCUT2D eigenvalue weighted by Crippen LogP contribution is 2.22. The number of rotatable bonds is 4. The average Bonchev–Trinajstić information content (AvgIpc) is 2.47. The van der Waals surface area contributed by atoms with Crippen LogP contribution < -0.4 is 10.6 Å². The molecule has 0 saturated heterocycles. The Labute approximate surface area is 113 Å². The smallest absolute Gasteiger partial charge is 0.270 e. The number of benzene rings is 1. The average molecular weight is 274 g/mol. The molecular formula is C11H10N6O3. The number of non-ortho nitro benzene ring substituents is 1. The molecule has 1 aromatic carbocycles. The Morgan fingerprint density at radius 2 is 2.15 bits per heavy atom. The quantitative estimate of drug-likeness (QED) is 0.631. The maximum atomic E-state index is 12.1. The van der Waals surface area contributed by atoms with Crippen LogP contribution in [-0.2, 0) is 0 Å². The zero-order valence-corrected chi connectivity index (χ0v) is 10.4. The van der Waals surface area contributed by atoms with Crippen molar-refractivity contribution in [2.24, 2.45) is 0 Å². The topological polar surface area (TPSA) is 123 Å². The highest BCUT2D eigenvalue weighted by Gasteiger charge is 2.17. The lowest BCUT2D eigenvalue weighted by molar-refractivity contribution is -0.384. The van der Waals surface area contributed by atoms with Gasteiger partial charge in [0.2, 0.25) is 5.95 Å². The molecule has 1 aromatic heterocycles. The van der Waals surface area contributed by atoms with E-state index in [4.69, 9.17) is 0 Å². The number of amides is 1. The van der Waals surface area contributed by atoms with E-state index >= 15 is 0 Å². The zero-order valence-electron chi connectivity index (χ0n) is 10.4. The van der Waals surface area contributed by atoms with Gasteiger partial charge in [0.15, 0.2) is 0 Å². The molecule has 0 aliphatic carbocycles. The van der Waals surface area contributed by atoms with Crippen LogP contribution in [-0.4, -0.2) is 33.1 Å². The highest BCUT2D eigenvalue weighted by atomic mass is 16.6. The molecule has 102 valence electrons. The molecule has 9 heteroatoms. The van der Waals surface area contributed by atoms with Gasteiger partial charge in [-0.1, -0.05) is 0 Å². The molecule has 2 rings (SSSR count). The summed E-state index contributed by atoms with van der Waals surface area (Å²) in [5.41, 5.74) is 0.396. The summed E-state index contributed by atoms with van der Waals surface area (Å²) in [5.74, 6) is -0.544. The number of aromatic nitrogens is 3. The third-order valence-corrected chi connectivity index (χ3v) is 2.44. The normalized spacial score (nSPS) is 9.85. The molecule has 0 aliphatic heterocycles. The minimum Gasteiger partial charge on any atom is -0.387 e. The summed E-state index contributed by atoms with van der Waals surface area (Å²) >= 11 is 0. The summed E-state index contributed by atoms with van der Waals surface area (Å²) in [4.78, 5) is 26.1. The molecule has 9 nitrogen and oxygen atoms in total. The van der Waals surface area contributed by atoms with E-state index in [1.807, 2.05) is 0 Å². The third kappa shape index (κ3) is 2.83. The van der Waals surface area contributed by atoms with Gasteiger partial charge in [-0.25, -0.2) is 4.98 Å². The summed E-state index contributed by atoms with van der Waals surface area (Å²) in [7, 11) is 1.61. The van der Waals surface area contributed by atoms with Gasteiger partial charge in [0.05, 0.1) is 22.9 Å². The molecule has 0 aliphatic rings. The molecule has 0 atom stereocenters. The second kappa shape index (κ2) is 5.69. The van der Waals surface area contributed by atoms with Crippen LogP contribution in [0.3, 0.4) is 0 Å². The first kappa shape index (κ1) is 13.3. The van der Waals surface area contributed by atoms with E-state index in [0.29, 0.717) is 5.69 Å². The molecule has 1 heterocycles. The van der Waals surface area contributed by atoms with Crippen LogP contribution in [0.15, 0.2) is 30.6 Å². The number of anilines is 2. The molecule has 0 fully saturated rings. The summed E-state index contributed by atoms with van der Waals surface area (Å²) in [6.45, 7) is 0. The van der Waals surface area contributed by atoms with E-state index in [-0.39, 0.29) is 17.2 Å². The van der Waals surface area contributed by atoms with E-state index in [9.17, 15) is 14.9 Å². The van der Waals surface area contributed by atoms with Crippen LogP contribution >= 0.6 is 0 Å². The molecule has 0 saturated carbocycles. The Bertz CT molecular complexity index is 646. The van der Waals surface area contributed by atoms with Gasteiger partial charge in [0.25, 0.3) is 11.6 Å². The van der Waals surface area contributed by atoms with E-state index in [1.165, 1.54) is 30.6 Å². The minimum absolute atomic E-state index is 0.0195. The van der Waals surface area contributed by atoms with Gasteiger partial charge in [-0.15, -0.1) is 5.10 Å². The van der Waals surface area contributed by atoms with Gasteiger partial charge >= 0.3 is 0 Å². The number of hydrogen-bond donors (Lipinski definition) is 2. The van der Waals surface area contributed by atoms with Crippen molar-refractivity contribution in [2.45, 2.75) is 0 Å². The van der Waals surface area contributed by atoms with Gasteiger partial charge in [-0.2, -0.15) is 5.10 Å². The van der Waals surface area contributed by atoms with E-state index in [2.05, 4.69) is 25.8 Å². The predicted octanol–water partition coefficient (Wildman–Crippen LogP) is 1.07. The summed E-state index contributed by atoms with van der Waals surface area (Å²) in [6.07, 6.45) is 2.73. The molecule has 0 radical (unpaired) electrons. The highest BCUT2D eigenvalue weighted by molar-refractivity contribution is 6.07. The number of nitrogens with zero attached hydrogens (tertiary/aromatic N) is 4. The maximum absolute atomic E-state index is 12.1. The second-order valence-corrected chi connectivity index (χ2v) is 3.66. The standard InChI is InChI=1S/C11H10N6O3/c1-12-9-3-2-7(17(19)20)6-8(9)10(18)15-11-13-4-5-14-16-11/h2-6,12H,1H3,(H,13,15,16,18). The fraction of sp³-hybridized carbons (Fsp3) is 0.0909.